The van der Waals surface area contributed by atoms with Gasteiger partial charge in [0.15, 0.2) is 0 Å². The summed E-state index contributed by atoms with van der Waals surface area (Å²) in [5.74, 6) is 0. The Morgan fingerprint density at radius 3 is 1.50 bits per heavy atom. The number of hydrogen-bond acceptors (Lipinski definition) is 3. The summed E-state index contributed by atoms with van der Waals surface area (Å²) in [5.41, 5.74) is -0.500. The summed E-state index contributed by atoms with van der Waals surface area (Å²) >= 11 is 0. The second kappa shape index (κ2) is 12.9. The lowest BCUT2D eigenvalue weighted by molar-refractivity contribution is 0.102. The molecule has 0 unspecified atom stereocenters. The zero-order chi connectivity index (χ0) is 12.3. The van der Waals surface area contributed by atoms with Crippen LogP contribution in [0.3, 0.4) is 0 Å². The van der Waals surface area contributed by atoms with Gasteiger partial charge in [-0.05, 0) is 67.3 Å². The van der Waals surface area contributed by atoms with Gasteiger partial charge in [-0.2, -0.15) is 0 Å². The van der Waals surface area contributed by atoms with Crippen LogP contribution in [0.1, 0.15) is 40.5 Å². The first-order chi connectivity index (χ1) is 6.81. The molecule has 0 saturated carbocycles. The smallest absolute Gasteiger partial charge is 0.0563 e. The van der Waals surface area contributed by atoms with Crippen LogP contribution < -0.4 is 5.32 Å². The van der Waals surface area contributed by atoms with E-state index in [1.54, 1.807) is 20.8 Å². The topological polar surface area (TPSA) is 67.0 Å². The molecular weight excluding hydrogens is 204 g/mol. The normalized spacial score (nSPS) is 15.2. The number of nitrogens with one attached hydrogen (secondary N) is 1. The maximum atomic E-state index is 8.52. The van der Waals surface area contributed by atoms with Gasteiger partial charge in [-0.25, -0.2) is 0 Å². The molecule has 1 aliphatic rings. The molecule has 4 N–H and O–H groups in total. The molecule has 102 valence electrons. The fraction of sp³-hybridized carbons (Fsp3) is 1.00. The summed E-state index contributed by atoms with van der Waals surface area (Å²) in [5, 5.41) is 11.5. The van der Waals surface area contributed by atoms with Crippen LogP contribution in [-0.2, 0) is 0 Å². The van der Waals surface area contributed by atoms with Crippen molar-refractivity contribution in [1.29, 1.82) is 0 Å². The zero-order valence-corrected chi connectivity index (χ0v) is 11.9. The first-order valence-corrected chi connectivity index (χ1v) is 5.86. The van der Waals surface area contributed by atoms with Crippen LogP contribution in [0.15, 0.2) is 0 Å². The van der Waals surface area contributed by atoms with Crippen LogP contribution >= 0.6 is 0 Å². The molecule has 0 radical (unpaired) electrons. The Morgan fingerprint density at radius 2 is 1.44 bits per heavy atom. The Morgan fingerprint density at radius 1 is 1.19 bits per heavy atom. The zero-order valence-electron chi connectivity index (χ0n) is 11.9. The van der Waals surface area contributed by atoms with Crippen LogP contribution in [-0.4, -0.2) is 54.8 Å². The Bertz CT molecular complexity index is 111. The lowest BCUT2D eigenvalue weighted by Gasteiger charge is -2.04. The summed E-state index contributed by atoms with van der Waals surface area (Å²) in [6.45, 7) is 11.0. The first kappa shape index (κ1) is 21.2. The highest BCUT2D eigenvalue weighted by Crippen LogP contribution is 2.02. The summed E-state index contributed by atoms with van der Waals surface area (Å²) in [7, 11) is 4.10. The third-order valence-electron chi connectivity index (χ3n) is 1.68. The van der Waals surface area contributed by atoms with E-state index in [-0.39, 0.29) is 5.48 Å². The molecule has 0 aromatic carbocycles. The minimum atomic E-state index is -0.500. The first-order valence-electron chi connectivity index (χ1n) is 5.86. The van der Waals surface area contributed by atoms with Gasteiger partial charge in [0.05, 0.1) is 5.60 Å². The van der Waals surface area contributed by atoms with Gasteiger partial charge >= 0.3 is 0 Å². The van der Waals surface area contributed by atoms with Gasteiger partial charge in [-0.3, -0.25) is 0 Å². The van der Waals surface area contributed by atoms with E-state index in [9.17, 15) is 0 Å². The molecule has 4 nitrogen and oxygen atoms in total. The molecule has 0 spiro atoms. The number of likely N-dealkylation sites (tertiary alicyclic amines) is 1. The summed E-state index contributed by atoms with van der Waals surface area (Å²) < 4.78 is 0. The van der Waals surface area contributed by atoms with Crippen LogP contribution in [0.5, 0.6) is 0 Å². The van der Waals surface area contributed by atoms with Crippen molar-refractivity contribution >= 4 is 0 Å². The van der Waals surface area contributed by atoms with Gasteiger partial charge in [0.2, 0.25) is 0 Å². The summed E-state index contributed by atoms with van der Waals surface area (Å²) in [4.78, 5) is 2.36. The SMILES string of the molecule is CC(C)(C)O.CCNC.CN1CCCC1.O. The van der Waals surface area contributed by atoms with E-state index in [1.165, 1.54) is 25.9 Å². The lowest BCUT2D eigenvalue weighted by atomic mass is 10.2. The van der Waals surface area contributed by atoms with Gasteiger partial charge in [0, 0.05) is 0 Å². The molecule has 1 heterocycles. The molecule has 1 saturated heterocycles. The maximum absolute atomic E-state index is 8.52. The average molecular weight is 236 g/mol. The molecule has 0 aromatic heterocycles. The lowest BCUT2D eigenvalue weighted by Crippen LogP contribution is -2.10. The molecule has 16 heavy (non-hydrogen) atoms. The van der Waals surface area contributed by atoms with Crippen LogP contribution in [0.2, 0.25) is 0 Å². The van der Waals surface area contributed by atoms with Crippen molar-refractivity contribution in [3.05, 3.63) is 0 Å². The molecular formula is C12H32N2O2. The van der Waals surface area contributed by atoms with E-state index in [0.717, 1.165) is 6.54 Å². The Labute approximate surface area is 101 Å². The Balaban J connectivity index is -0.000000158. The minimum Gasteiger partial charge on any atom is -0.412 e. The van der Waals surface area contributed by atoms with Crippen molar-refractivity contribution in [2.75, 3.05) is 33.7 Å². The molecule has 1 rings (SSSR count). The molecule has 0 aliphatic carbocycles. The van der Waals surface area contributed by atoms with E-state index in [1.807, 2.05) is 7.05 Å². The maximum Gasteiger partial charge on any atom is 0.0563 e. The largest absolute Gasteiger partial charge is 0.412 e. The fourth-order valence-electron chi connectivity index (χ4n) is 0.875. The van der Waals surface area contributed by atoms with Gasteiger partial charge in [-0.15, -0.1) is 0 Å². The van der Waals surface area contributed by atoms with E-state index >= 15 is 0 Å². The summed E-state index contributed by atoms with van der Waals surface area (Å²) in [6, 6.07) is 0. The van der Waals surface area contributed by atoms with Crippen molar-refractivity contribution in [1.82, 2.24) is 10.2 Å². The third-order valence-corrected chi connectivity index (χ3v) is 1.68. The van der Waals surface area contributed by atoms with E-state index in [4.69, 9.17) is 5.11 Å². The second-order valence-electron chi connectivity index (χ2n) is 4.89. The van der Waals surface area contributed by atoms with E-state index < -0.39 is 5.60 Å². The van der Waals surface area contributed by atoms with Crippen molar-refractivity contribution < 1.29 is 10.6 Å². The van der Waals surface area contributed by atoms with Crippen LogP contribution in [0, 0.1) is 0 Å². The molecule has 0 amide bonds. The fourth-order valence-corrected chi connectivity index (χ4v) is 0.875. The van der Waals surface area contributed by atoms with Crippen molar-refractivity contribution in [2.45, 2.75) is 46.1 Å². The standard InChI is InChI=1S/C5H11N.C4H10O.C3H9N.H2O/c1-6-4-2-3-5-6;1-4(2,3)5;1-3-4-2;/h2-5H2,1H3;5H,1-3H3;4H,3H2,1-2H3;1H2. The number of hydrogen-bond donors (Lipinski definition) is 2. The van der Waals surface area contributed by atoms with E-state index in [2.05, 4.69) is 24.2 Å². The highest BCUT2D eigenvalue weighted by atomic mass is 16.3. The number of rotatable bonds is 1. The van der Waals surface area contributed by atoms with Crippen molar-refractivity contribution in [3.8, 4) is 0 Å². The van der Waals surface area contributed by atoms with Crippen LogP contribution in [0.25, 0.3) is 0 Å². The highest BCUT2D eigenvalue weighted by molar-refractivity contribution is 4.59. The van der Waals surface area contributed by atoms with Gasteiger partial charge in [-0.1, -0.05) is 6.92 Å². The molecule has 1 fully saturated rings. The molecule has 0 bridgehead atoms. The molecule has 0 atom stereocenters. The second-order valence-corrected chi connectivity index (χ2v) is 4.89. The third kappa shape index (κ3) is 37.1. The predicted molar refractivity (Wildman–Crippen MR) is 71.9 cm³/mol. The average Bonchev–Trinajstić information content (AvgIpc) is 2.53. The van der Waals surface area contributed by atoms with Gasteiger partial charge < -0.3 is 20.8 Å². The molecule has 1 aliphatic heterocycles. The molecule has 0 aromatic rings. The van der Waals surface area contributed by atoms with Crippen molar-refractivity contribution in [3.63, 3.8) is 0 Å². The van der Waals surface area contributed by atoms with Crippen LogP contribution in [0.4, 0.5) is 0 Å². The quantitative estimate of drug-likeness (QED) is 0.710. The number of aliphatic hydroxyl groups is 1. The molecule has 4 heteroatoms. The summed E-state index contributed by atoms with van der Waals surface area (Å²) in [6.07, 6.45) is 2.83. The van der Waals surface area contributed by atoms with Gasteiger partial charge in [0.1, 0.15) is 0 Å². The van der Waals surface area contributed by atoms with E-state index in [0.29, 0.717) is 0 Å². The van der Waals surface area contributed by atoms with Gasteiger partial charge in [0.25, 0.3) is 0 Å². The Hall–Kier alpha value is -0.160. The monoisotopic (exact) mass is 236 g/mol. The highest BCUT2D eigenvalue weighted by Gasteiger charge is 2.03. The number of nitrogens with zero attached hydrogens (tertiary/aromatic N) is 1. The minimum absolute atomic E-state index is 0. The van der Waals surface area contributed by atoms with Crippen molar-refractivity contribution in [2.24, 2.45) is 0 Å². The Kier molecular flexibility index (Phi) is 17.1. The predicted octanol–water partition coefficient (Wildman–Crippen LogP) is 0.890.